The van der Waals surface area contributed by atoms with Crippen molar-refractivity contribution >= 4 is 17.8 Å². The monoisotopic (exact) mass is 398 g/mol. The van der Waals surface area contributed by atoms with Crippen molar-refractivity contribution < 1.29 is 28.1 Å². The summed E-state index contributed by atoms with van der Waals surface area (Å²) >= 11 is 1.69. The molecule has 2 aromatic carbocycles. The third-order valence-corrected chi connectivity index (χ3v) is 4.71. The topological polar surface area (TPSA) is 38.7 Å². The lowest BCUT2D eigenvalue weighted by atomic mass is 10.1. The molecule has 0 saturated carbocycles. The summed E-state index contributed by atoms with van der Waals surface area (Å²) in [5, 5.41) is 8.28. The van der Waals surface area contributed by atoms with Crippen LogP contribution in [0, 0.1) is 6.92 Å². The Hall–Kier alpha value is -1.96. The zero-order chi connectivity index (χ0) is 19.7. The fraction of sp³-hybridized carbons (Fsp3) is 0.300. The van der Waals surface area contributed by atoms with E-state index in [0.29, 0.717) is 0 Å². The first kappa shape index (κ1) is 21.3. The third-order valence-electron chi connectivity index (χ3n) is 3.68. The van der Waals surface area contributed by atoms with Crippen LogP contribution >= 0.6 is 11.8 Å². The highest BCUT2D eigenvalue weighted by molar-refractivity contribution is 7.99. The van der Waals surface area contributed by atoms with Gasteiger partial charge in [-0.15, -0.1) is 11.8 Å². The molecule has 0 saturated heterocycles. The molecule has 0 spiro atoms. The normalized spacial score (nSPS) is 11.9. The molecular formula is C20H21F3O3S. The van der Waals surface area contributed by atoms with Crippen LogP contribution in [0.4, 0.5) is 13.2 Å². The number of hydrogen-bond donors (Lipinski definition) is 1. The number of rotatable bonds is 9. The summed E-state index contributed by atoms with van der Waals surface area (Å²) < 4.78 is 43.0. The minimum absolute atomic E-state index is 0.112. The second-order valence-electron chi connectivity index (χ2n) is 5.77. The van der Waals surface area contributed by atoms with Crippen molar-refractivity contribution in [2.24, 2.45) is 0 Å². The maximum Gasteiger partial charge on any atom is 0.416 e. The van der Waals surface area contributed by atoms with E-state index < -0.39 is 11.7 Å². The van der Waals surface area contributed by atoms with Crippen LogP contribution in [0.25, 0.3) is 6.08 Å². The van der Waals surface area contributed by atoms with E-state index in [4.69, 9.17) is 9.99 Å². The summed E-state index contributed by atoms with van der Waals surface area (Å²) in [5.74, 6) is 1.60. The molecule has 27 heavy (non-hydrogen) atoms. The molecule has 0 aromatic heterocycles. The largest absolute Gasteiger partial charge is 0.491 e. The number of alkyl halides is 3. The zero-order valence-corrected chi connectivity index (χ0v) is 15.6. The van der Waals surface area contributed by atoms with Crippen molar-refractivity contribution in [1.29, 1.82) is 0 Å². The summed E-state index contributed by atoms with van der Waals surface area (Å²) in [6.07, 6.45) is 0.280. The molecule has 0 atom stereocenters. The van der Waals surface area contributed by atoms with Gasteiger partial charge in [0.1, 0.15) is 19.0 Å². The number of thioether (sulfide) groups is 1. The Bertz CT molecular complexity index is 743. The van der Waals surface area contributed by atoms with Gasteiger partial charge in [0.2, 0.25) is 0 Å². The van der Waals surface area contributed by atoms with Gasteiger partial charge in [-0.2, -0.15) is 13.2 Å². The predicted octanol–water partition coefficient (Wildman–Crippen LogP) is 6.08. The Labute approximate surface area is 160 Å². The van der Waals surface area contributed by atoms with E-state index in [1.165, 1.54) is 12.1 Å². The number of allylic oxidation sites excluding steroid dienone is 1. The average Bonchev–Trinajstić information content (AvgIpc) is 2.63. The lowest BCUT2D eigenvalue weighted by Crippen LogP contribution is -2.05. The number of halogens is 3. The lowest BCUT2D eigenvalue weighted by molar-refractivity contribution is -0.245. The third kappa shape index (κ3) is 7.28. The van der Waals surface area contributed by atoms with Gasteiger partial charge in [-0.25, -0.2) is 4.89 Å². The van der Waals surface area contributed by atoms with Crippen molar-refractivity contribution in [2.45, 2.75) is 24.4 Å². The second-order valence-corrected chi connectivity index (χ2v) is 6.94. The Morgan fingerprint density at radius 3 is 2.44 bits per heavy atom. The highest BCUT2D eigenvalue weighted by Gasteiger charge is 2.29. The molecule has 0 aliphatic rings. The van der Waals surface area contributed by atoms with Crippen molar-refractivity contribution in [2.75, 3.05) is 19.0 Å². The Kier molecular flexibility index (Phi) is 8.22. The molecule has 0 aliphatic heterocycles. The highest BCUT2D eigenvalue weighted by atomic mass is 32.2. The van der Waals surface area contributed by atoms with Crippen molar-refractivity contribution in [3.8, 4) is 5.75 Å². The summed E-state index contributed by atoms with van der Waals surface area (Å²) in [6.45, 7) is 2.34. The van der Waals surface area contributed by atoms with E-state index in [1.54, 1.807) is 11.8 Å². The predicted molar refractivity (Wildman–Crippen MR) is 101 cm³/mol. The molecule has 3 nitrogen and oxygen atoms in total. The van der Waals surface area contributed by atoms with Crippen LogP contribution < -0.4 is 4.74 Å². The van der Waals surface area contributed by atoms with E-state index in [9.17, 15) is 13.2 Å². The van der Waals surface area contributed by atoms with Crippen LogP contribution in [0.2, 0.25) is 0 Å². The van der Waals surface area contributed by atoms with Crippen LogP contribution in [0.1, 0.15) is 23.1 Å². The summed E-state index contributed by atoms with van der Waals surface area (Å²) in [6, 6.07) is 11.0. The van der Waals surface area contributed by atoms with Gasteiger partial charge in [-0.3, -0.25) is 5.26 Å². The van der Waals surface area contributed by atoms with E-state index in [0.717, 1.165) is 46.1 Å². The molecule has 0 amide bonds. The Morgan fingerprint density at radius 1 is 1.07 bits per heavy atom. The minimum Gasteiger partial charge on any atom is -0.491 e. The van der Waals surface area contributed by atoms with Gasteiger partial charge >= 0.3 is 6.18 Å². The summed E-state index contributed by atoms with van der Waals surface area (Å²) in [4.78, 5) is 5.08. The fourth-order valence-electron chi connectivity index (χ4n) is 2.31. The second kappa shape index (κ2) is 10.4. The fourth-order valence-corrected chi connectivity index (χ4v) is 3.22. The first-order valence-corrected chi connectivity index (χ1v) is 9.35. The van der Waals surface area contributed by atoms with Crippen LogP contribution in [-0.2, 0) is 11.1 Å². The quantitative estimate of drug-likeness (QED) is 0.241. The average molecular weight is 398 g/mol. The maximum atomic E-state index is 12.5. The van der Waals surface area contributed by atoms with Crippen molar-refractivity contribution in [3.05, 3.63) is 65.2 Å². The molecule has 0 aliphatic carbocycles. The maximum absolute atomic E-state index is 12.5. The molecule has 0 bridgehead atoms. The standard InChI is InChI=1S/C20H21F3O3S/c1-15-14-18(9-10-19(15)25-11-12-26-24)27-13-3-2-4-16-5-7-17(8-6-16)20(21,22)23/h2,4-10,14,24H,3,11-13H2,1H3. The Balaban J connectivity index is 1.77. The summed E-state index contributed by atoms with van der Waals surface area (Å²) in [7, 11) is 0. The SMILES string of the molecule is Cc1cc(SCCC=Cc2ccc(C(F)(F)F)cc2)ccc1OCCOO. The molecule has 2 aromatic rings. The van der Waals surface area contributed by atoms with Gasteiger partial charge in [-0.1, -0.05) is 24.3 Å². The molecular weight excluding hydrogens is 377 g/mol. The lowest BCUT2D eigenvalue weighted by Gasteiger charge is -2.09. The van der Waals surface area contributed by atoms with Gasteiger partial charge in [0.25, 0.3) is 0 Å². The number of hydrogen-bond acceptors (Lipinski definition) is 4. The first-order chi connectivity index (χ1) is 12.9. The van der Waals surface area contributed by atoms with Crippen LogP contribution in [0.3, 0.4) is 0 Å². The van der Waals surface area contributed by atoms with Crippen molar-refractivity contribution in [1.82, 2.24) is 0 Å². The van der Waals surface area contributed by atoms with Gasteiger partial charge in [0.05, 0.1) is 5.56 Å². The van der Waals surface area contributed by atoms with Crippen LogP contribution in [0.15, 0.2) is 53.4 Å². The molecule has 0 radical (unpaired) electrons. The molecule has 7 heteroatoms. The smallest absolute Gasteiger partial charge is 0.416 e. The van der Waals surface area contributed by atoms with Crippen LogP contribution in [0.5, 0.6) is 5.75 Å². The number of ether oxygens (including phenoxy) is 1. The zero-order valence-electron chi connectivity index (χ0n) is 14.8. The number of aryl methyl sites for hydroxylation is 1. The first-order valence-electron chi connectivity index (χ1n) is 8.36. The van der Waals surface area contributed by atoms with Crippen LogP contribution in [-0.4, -0.2) is 24.2 Å². The molecule has 2 rings (SSSR count). The molecule has 0 heterocycles. The minimum atomic E-state index is -4.30. The van der Waals surface area contributed by atoms with E-state index in [2.05, 4.69) is 4.89 Å². The van der Waals surface area contributed by atoms with E-state index in [1.807, 2.05) is 37.3 Å². The molecule has 1 N–H and O–H groups in total. The van der Waals surface area contributed by atoms with E-state index >= 15 is 0 Å². The Morgan fingerprint density at radius 2 is 1.81 bits per heavy atom. The van der Waals surface area contributed by atoms with Gasteiger partial charge in [0.15, 0.2) is 0 Å². The molecule has 146 valence electrons. The molecule has 0 unspecified atom stereocenters. The number of benzene rings is 2. The van der Waals surface area contributed by atoms with Gasteiger partial charge in [-0.05, 0) is 54.8 Å². The van der Waals surface area contributed by atoms with E-state index in [-0.39, 0.29) is 13.2 Å². The van der Waals surface area contributed by atoms with Crippen molar-refractivity contribution in [3.63, 3.8) is 0 Å². The van der Waals surface area contributed by atoms with Gasteiger partial charge < -0.3 is 4.74 Å². The molecule has 0 fully saturated rings. The highest BCUT2D eigenvalue weighted by Crippen LogP contribution is 2.29. The summed E-state index contributed by atoms with van der Waals surface area (Å²) in [5.41, 5.74) is 1.11. The van der Waals surface area contributed by atoms with Gasteiger partial charge in [0, 0.05) is 10.6 Å².